The summed E-state index contributed by atoms with van der Waals surface area (Å²) in [5, 5.41) is 10.8. The fourth-order valence-corrected chi connectivity index (χ4v) is 3.70. The zero-order valence-corrected chi connectivity index (χ0v) is 18.4. The summed E-state index contributed by atoms with van der Waals surface area (Å²) in [4.78, 5) is 38.4. The highest BCUT2D eigenvalue weighted by Gasteiger charge is 2.22. The molecule has 170 valence electrons. The van der Waals surface area contributed by atoms with Crippen molar-refractivity contribution in [2.45, 2.75) is 26.3 Å². The van der Waals surface area contributed by atoms with Crippen LogP contribution in [0.3, 0.4) is 0 Å². The molecule has 3 rings (SSSR count). The SMILES string of the molecule is Cc1ccc(NC(=O)NCC2CCCN(CC(=O)NC(=O)NCc3ccccc3)C2)cc1. The summed E-state index contributed by atoms with van der Waals surface area (Å²) >= 11 is 0. The van der Waals surface area contributed by atoms with Gasteiger partial charge >= 0.3 is 12.1 Å². The molecular formula is C24H31N5O3. The minimum absolute atomic E-state index is 0.158. The van der Waals surface area contributed by atoms with E-state index in [0.29, 0.717) is 19.6 Å². The van der Waals surface area contributed by atoms with Crippen molar-refractivity contribution >= 4 is 23.7 Å². The lowest BCUT2D eigenvalue weighted by molar-refractivity contribution is -0.121. The highest BCUT2D eigenvalue weighted by Crippen LogP contribution is 2.15. The molecule has 1 aliphatic heterocycles. The summed E-state index contributed by atoms with van der Waals surface area (Å²) in [6.07, 6.45) is 1.93. The lowest BCUT2D eigenvalue weighted by Crippen LogP contribution is -2.48. The zero-order valence-electron chi connectivity index (χ0n) is 18.4. The number of piperidine rings is 1. The quantitative estimate of drug-likeness (QED) is 0.535. The number of hydrogen-bond donors (Lipinski definition) is 4. The van der Waals surface area contributed by atoms with E-state index in [1.165, 1.54) is 0 Å². The Bertz CT molecular complexity index is 902. The molecular weight excluding hydrogens is 406 g/mol. The Morgan fingerprint density at radius 3 is 2.47 bits per heavy atom. The van der Waals surface area contributed by atoms with Gasteiger partial charge in [-0.25, -0.2) is 9.59 Å². The number of carbonyl (C=O) groups excluding carboxylic acids is 3. The van der Waals surface area contributed by atoms with Gasteiger partial charge in [0.2, 0.25) is 5.91 Å². The van der Waals surface area contributed by atoms with E-state index in [1.807, 2.05) is 66.4 Å². The van der Waals surface area contributed by atoms with Crippen molar-refractivity contribution < 1.29 is 14.4 Å². The van der Waals surface area contributed by atoms with Crippen molar-refractivity contribution in [3.05, 3.63) is 65.7 Å². The lowest BCUT2D eigenvalue weighted by Gasteiger charge is -2.32. The molecule has 5 amide bonds. The molecule has 2 aromatic carbocycles. The number of nitrogens with one attached hydrogen (secondary N) is 4. The molecule has 1 heterocycles. The summed E-state index contributed by atoms with van der Waals surface area (Å²) in [6, 6.07) is 16.4. The molecule has 4 N–H and O–H groups in total. The molecule has 2 aromatic rings. The Morgan fingerprint density at radius 2 is 1.72 bits per heavy atom. The van der Waals surface area contributed by atoms with Crippen LogP contribution in [0, 0.1) is 12.8 Å². The van der Waals surface area contributed by atoms with Gasteiger partial charge in [-0.15, -0.1) is 0 Å². The van der Waals surface area contributed by atoms with Crippen LogP contribution in [0.5, 0.6) is 0 Å². The number of imide groups is 1. The van der Waals surface area contributed by atoms with E-state index in [-0.39, 0.29) is 24.4 Å². The van der Waals surface area contributed by atoms with E-state index in [0.717, 1.165) is 36.2 Å². The maximum atomic E-state index is 12.2. The number of anilines is 1. The second-order valence-electron chi connectivity index (χ2n) is 8.16. The molecule has 1 unspecified atom stereocenters. The van der Waals surface area contributed by atoms with Gasteiger partial charge < -0.3 is 16.0 Å². The molecule has 1 atom stereocenters. The predicted molar refractivity (Wildman–Crippen MR) is 124 cm³/mol. The number of amides is 5. The van der Waals surface area contributed by atoms with Gasteiger partial charge in [-0.1, -0.05) is 48.0 Å². The molecule has 0 spiro atoms. The molecule has 8 nitrogen and oxygen atoms in total. The van der Waals surface area contributed by atoms with Crippen LogP contribution in [0.2, 0.25) is 0 Å². The third kappa shape index (κ3) is 8.03. The molecule has 0 aromatic heterocycles. The molecule has 0 aliphatic carbocycles. The predicted octanol–water partition coefficient (Wildman–Crippen LogP) is 2.85. The van der Waals surface area contributed by atoms with Crippen LogP contribution in [-0.4, -0.2) is 49.0 Å². The van der Waals surface area contributed by atoms with Crippen molar-refractivity contribution in [2.24, 2.45) is 5.92 Å². The molecule has 32 heavy (non-hydrogen) atoms. The molecule has 1 saturated heterocycles. The maximum Gasteiger partial charge on any atom is 0.321 e. The Morgan fingerprint density at radius 1 is 0.969 bits per heavy atom. The highest BCUT2D eigenvalue weighted by atomic mass is 16.2. The first-order valence-corrected chi connectivity index (χ1v) is 10.9. The van der Waals surface area contributed by atoms with Gasteiger partial charge in [-0.2, -0.15) is 0 Å². The number of carbonyl (C=O) groups is 3. The second kappa shape index (κ2) is 11.9. The Hall–Kier alpha value is -3.39. The summed E-state index contributed by atoms with van der Waals surface area (Å²) < 4.78 is 0. The van der Waals surface area contributed by atoms with Gasteiger partial charge in [0.1, 0.15) is 0 Å². The number of urea groups is 2. The summed E-state index contributed by atoms with van der Waals surface area (Å²) in [5.41, 5.74) is 2.85. The first-order valence-electron chi connectivity index (χ1n) is 10.9. The third-order valence-electron chi connectivity index (χ3n) is 5.38. The number of nitrogens with zero attached hydrogens (tertiary/aromatic N) is 1. The third-order valence-corrected chi connectivity index (χ3v) is 5.38. The minimum atomic E-state index is -0.498. The number of benzene rings is 2. The minimum Gasteiger partial charge on any atom is -0.338 e. The van der Waals surface area contributed by atoms with Crippen LogP contribution in [0.4, 0.5) is 15.3 Å². The normalized spacial score (nSPS) is 16.1. The fourth-order valence-electron chi connectivity index (χ4n) is 3.70. The average Bonchev–Trinajstić information content (AvgIpc) is 2.79. The van der Waals surface area contributed by atoms with Crippen LogP contribution < -0.4 is 21.3 Å². The molecule has 8 heteroatoms. The standard InChI is InChI=1S/C24H31N5O3/c1-18-9-11-21(12-10-18)27-23(31)26-15-20-8-5-13-29(16-20)17-22(30)28-24(32)25-14-19-6-3-2-4-7-19/h2-4,6-7,9-12,20H,5,8,13-17H2,1H3,(H2,26,27,31)(H2,25,28,30,32). The summed E-state index contributed by atoms with van der Waals surface area (Å²) in [5.74, 6) is -0.0755. The first kappa shape index (κ1) is 23.3. The average molecular weight is 438 g/mol. The van der Waals surface area contributed by atoms with Gasteiger partial charge in [0, 0.05) is 25.3 Å². The van der Waals surface area contributed by atoms with Crippen LogP contribution in [0.15, 0.2) is 54.6 Å². The fraction of sp³-hybridized carbons (Fsp3) is 0.375. The van der Waals surface area contributed by atoms with E-state index in [2.05, 4.69) is 21.3 Å². The van der Waals surface area contributed by atoms with Crippen molar-refractivity contribution in [3.63, 3.8) is 0 Å². The van der Waals surface area contributed by atoms with Crippen LogP contribution in [0.1, 0.15) is 24.0 Å². The van der Waals surface area contributed by atoms with Gasteiger partial charge in [-0.05, 0) is 49.9 Å². The zero-order chi connectivity index (χ0) is 22.8. The largest absolute Gasteiger partial charge is 0.338 e. The van der Waals surface area contributed by atoms with Crippen molar-refractivity contribution in [1.29, 1.82) is 0 Å². The number of likely N-dealkylation sites (tertiary alicyclic amines) is 1. The van der Waals surface area contributed by atoms with Gasteiger partial charge in [0.25, 0.3) is 0 Å². The maximum absolute atomic E-state index is 12.2. The molecule has 1 fully saturated rings. The molecule has 0 saturated carbocycles. The van der Waals surface area contributed by atoms with E-state index in [1.54, 1.807) is 0 Å². The monoisotopic (exact) mass is 437 g/mol. The highest BCUT2D eigenvalue weighted by molar-refractivity contribution is 5.95. The van der Waals surface area contributed by atoms with Crippen LogP contribution in [-0.2, 0) is 11.3 Å². The summed E-state index contributed by atoms with van der Waals surface area (Å²) in [6.45, 7) is 4.55. The van der Waals surface area contributed by atoms with E-state index in [4.69, 9.17) is 0 Å². The van der Waals surface area contributed by atoms with E-state index >= 15 is 0 Å². The molecule has 1 aliphatic rings. The first-order chi connectivity index (χ1) is 15.5. The Labute approximate surface area is 188 Å². The number of rotatable bonds is 7. The van der Waals surface area contributed by atoms with Crippen molar-refractivity contribution in [3.8, 4) is 0 Å². The molecule has 0 bridgehead atoms. The van der Waals surface area contributed by atoms with Crippen molar-refractivity contribution in [2.75, 3.05) is 31.5 Å². The summed E-state index contributed by atoms with van der Waals surface area (Å²) in [7, 11) is 0. The van der Waals surface area contributed by atoms with Crippen molar-refractivity contribution in [1.82, 2.24) is 20.9 Å². The topological polar surface area (TPSA) is 103 Å². The van der Waals surface area contributed by atoms with E-state index < -0.39 is 6.03 Å². The number of hydrogen-bond acceptors (Lipinski definition) is 4. The van der Waals surface area contributed by atoms with Gasteiger partial charge in [0.15, 0.2) is 0 Å². The number of aryl methyl sites for hydroxylation is 1. The molecule has 0 radical (unpaired) electrons. The Kier molecular flexibility index (Phi) is 8.62. The van der Waals surface area contributed by atoms with Gasteiger partial charge in [0.05, 0.1) is 6.54 Å². The van der Waals surface area contributed by atoms with Crippen LogP contribution >= 0.6 is 0 Å². The van der Waals surface area contributed by atoms with Gasteiger partial charge in [-0.3, -0.25) is 15.0 Å². The second-order valence-corrected chi connectivity index (χ2v) is 8.16. The smallest absolute Gasteiger partial charge is 0.321 e. The van der Waals surface area contributed by atoms with E-state index in [9.17, 15) is 14.4 Å². The Balaban J connectivity index is 1.34. The lowest BCUT2D eigenvalue weighted by atomic mass is 9.98. The van der Waals surface area contributed by atoms with Crippen LogP contribution in [0.25, 0.3) is 0 Å².